The van der Waals surface area contributed by atoms with Gasteiger partial charge in [0.15, 0.2) is 0 Å². The standard InChI is InChI=1S/C6H10INO2/c7-8-6(9)5-2-1-3-10-4-5/h5H,1-4H2,(H,8,9). The van der Waals surface area contributed by atoms with Crippen LogP contribution in [0.25, 0.3) is 0 Å². The summed E-state index contributed by atoms with van der Waals surface area (Å²) in [7, 11) is 0. The summed E-state index contributed by atoms with van der Waals surface area (Å²) in [5.41, 5.74) is 0. The van der Waals surface area contributed by atoms with Gasteiger partial charge in [0.05, 0.1) is 35.4 Å². The summed E-state index contributed by atoms with van der Waals surface area (Å²) in [5, 5.41) is 0. The molecular formula is C6H10INO2. The number of ether oxygens (including phenoxy) is 1. The summed E-state index contributed by atoms with van der Waals surface area (Å²) in [6.45, 7) is 1.40. The molecule has 1 saturated heterocycles. The molecule has 1 N–H and O–H groups in total. The molecule has 0 aliphatic carbocycles. The van der Waals surface area contributed by atoms with E-state index in [0.717, 1.165) is 19.4 Å². The first-order chi connectivity index (χ1) is 4.84. The molecule has 0 aromatic heterocycles. The van der Waals surface area contributed by atoms with E-state index >= 15 is 0 Å². The minimum absolute atomic E-state index is 0.0886. The van der Waals surface area contributed by atoms with Crippen molar-refractivity contribution in [2.75, 3.05) is 13.2 Å². The number of halogens is 1. The zero-order chi connectivity index (χ0) is 7.40. The van der Waals surface area contributed by atoms with Crippen LogP contribution in [0.3, 0.4) is 0 Å². The van der Waals surface area contributed by atoms with Gasteiger partial charge in [0.25, 0.3) is 0 Å². The fourth-order valence-electron chi connectivity index (χ4n) is 1.02. The van der Waals surface area contributed by atoms with E-state index in [2.05, 4.69) is 3.53 Å². The maximum atomic E-state index is 11.0. The molecule has 1 unspecified atom stereocenters. The Morgan fingerprint density at radius 2 is 2.50 bits per heavy atom. The first kappa shape index (κ1) is 8.26. The van der Waals surface area contributed by atoms with Crippen LogP contribution in [0, 0.1) is 5.92 Å². The molecule has 0 radical (unpaired) electrons. The SMILES string of the molecule is O=C(NI)C1CCCOC1. The highest BCUT2D eigenvalue weighted by Gasteiger charge is 2.20. The molecule has 1 rings (SSSR count). The van der Waals surface area contributed by atoms with Gasteiger partial charge in [-0.25, -0.2) is 0 Å². The summed E-state index contributed by atoms with van der Waals surface area (Å²) in [5.74, 6) is 0.186. The molecule has 10 heavy (non-hydrogen) atoms. The minimum atomic E-state index is 0.0886. The van der Waals surface area contributed by atoms with E-state index in [1.165, 1.54) is 0 Å². The summed E-state index contributed by atoms with van der Waals surface area (Å²) in [6.07, 6.45) is 1.98. The van der Waals surface area contributed by atoms with Gasteiger partial charge < -0.3 is 4.74 Å². The van der Waals surface area contributed by atoms with Crippen LogP contribution in [0.15, 0.2) is 0 Å². The predicted octanol–water partition coefficient (Wildman–Crippen LogP) is 0.879. The lowest BCUT2D eigenvalue weighted by Gasteiger charge is -2.19. The maximum Gasteiger partial charge on any atom is 0.234 e. The summed E-state index contributed by atoms with van der Waals surface area (Å²) in [4.78, 5) is 11.0. The Morgan fingerprint density at radius 3 is 3.00 bits per heavy atom. The molecule has 1 heterocycles. The highest BCUT2D eigenvalue weighted by Crippen LogP contribution is 2.13. The topological polar surface area (TPSA) is 38.3 Å². The average molecular weight is 255 g/mol. The second kappa shape index (κ2) is 4.12. The van der Waals surface area contributed by atoms with Crippen molar-refractivity contribution in [1.82, 2.24) is 3.53 Å². The molecular weight excluding hydrogens is 245 g/mol. The van der Waals surface area contributed by atoms with Crippen molar-refractivity contribution in [3.05, 3.63) is 0 Å². The van der Waals surface area contributed by atoms with E-state index in [-0.39, 0.29) is 11.8 Å². The summed E-state index contributed by atoms with van der Waals surface area (Å²) in [6, 6.07) is 0. The van der Waals surface area contributed by atoms with Crippen LogP contribution in [-0.2, 0) is 9.53 Å². The van der Waals surface area contributed by atoms with Gasteiger partial charge in [-0.05, 0) is 12.8 Å². The Morgan fingerprint density at radius 1 is 1.70 bits per heavy atom. The maximum absolute atomic E-state index is 11.0. The Labute approximate surface area is 74.0 Å². The quantitative estimate of drug-likeness (QED) is 0.558. The zero-order valence-electron chi connectivity index (χ0n) is 5.60. The van der Waals surface area contributed by atoms with E-state index in [9.17, 15) is 4.79 Å². The molecule has 1 aliphatic heterocycles. The van der Waals surface area contributed by atoms with E-state index in [1.54, 1.807) is 0 Å². The predicted molar refractivity (Wildman–Crippen MR) is 45.7 cm³/mol. The number of amides is 1. The third kappa shape index (κ3) is 2.09. The van der Waals surface area contributed by atoms with Crippen molar-refractivity contribution >= 4 is 28.8 Å². The Bertz CT molecular complexity index is 123. The zero-order valence-corrected chi connectivity index (χ0v) is 7.76. The smallest absolute Gasteiger partial charge is 0.234 e. The van der Waals surface area contributed by atoms with Crippen LogP contribution >= 0.6 is 22.9 Å². The summed E-state index contributed by atoms with van der Waals surface area (Å²) >= 11 is 1.86. The molecule has 0 aromatic rings. The lowest BCUT2D eigenvalue weighted by molar-refractivity contribution is -0.126. The van der Waals surface area contributed by atoms with E-state index < -0.39 is 0 Å². The fraction of sp³-hybridized carbons (Fsp3) is 0.833. The van der Waals surface area contributed by atoms with Crippen LogP contribution in [0.2, 0.25) is 0 Å². The van der Waals surface area contributed by atoms with Crippen molar-refractivity contribution in [2.45, 2.75) is 12.8 Å². The van der Waals surface area contributed by atoms with Crippen molar-refractivity contribution in [3.63, 3.8) is 0 Å². The van der Waals surface area contributed by atoms with Gasteiger partial charge in [0.1, 0.15) is 0 Å². The van der Waals surface area contributed by atoms with Gasteiger partial charge in [-0.3, -0.25) is 8.32 Å². The molecule has 1 amide bonds. The van der Waals surface area contributed by atoms with E-state index in [1.807, 2.05) is 22.9 Å². The van der Waals surface area contributed by atoms with Gasteiger partial charge in [0.2, 0.25) is 5.91 Å². The first-order valence-corrected chi connectivity index (χ1v) is 4.40. The second-order valence-electron chi connectivity index (χ2n) is 2.37. The molecule has 1 atom stereocenters. The van der Waals surface area contributed by atoms with E-state index in [4.69, 9.17) is 4.74 Å². The minimum Gasteiger partial charge on any atom is -0.381 e. The molecule has 4 heteroatoms. The van der Waals surface area contributed by atoms with Crippen molar-refractivity contribution in [1.29, 1.82) is 0 Å². The molecule has 0 bridgehead atoms. The van der Waals surface area contributed by atoms with Crippen LogP contribution in [0.5, 0.6) is 0 Å². The Hall–Kier alpha value is 0.160. The highest BCUT2D eigenvalue weighted by molar-refractivity contribution is 14.1. The Balaban J connectivity index is 2.31. The lowest BCUT2D eigenvalue weighted by atomic mass is 10.0. The van der Waals surface area contributed by atoms with Crippen molar-refractivity contribution in [3.8, 4) is 0 Å². The Kier molecular flexibility index (Phi) is 3.41. The van der Waals surface area contributed by atoms with Crippen LogP contribution in [0.4, 0.5) is 0 Å². The number of rotatable bonds is 1. The number of carbonyl (C=O) groups is 1. The number of nitrogens with one attached hydrogen (secondary N) is 1. The van der Waals surface area contributed by atoms with Crippen molar-refractivity contribution in [2.24, 2.45) is 5.92 Å². The molecule has 0 spiro atoms. The molecule has 3 nitrogen and oxygen atoms in total. The normalized spacial score (nSPS) is 25.9. The van der Waals surface area contributed by atoms with E-state index in [0.29, 0.717) is 6.61 Å². The molecule has 58 valence electrons. The van der Waals surface area contributed by atoms with Gasteiger partial charge in [-0.2, -0.15) is 0 Å². The van der Waals surface area contributed by atoms with Gasteiger partial charge >= 0.3 is 0 Å². The third-order valence-electron chi connectivity index (χ3n) is 1.62. The number of hydrogen-bond acceptors (Lipinski definition) is 2. The highest BCUT2D eigenvalue weighted by atomic mass is 127. The van der Waals surface area contributed by atoms with Crippen LogP contribution in [-0.4, -0.2) is 19.1 Å². The fourth-order valence-corrected chi connectivity index (χ4v) is 1.47. The average Bonchev–Trinajstić information content (AvgIpc) is 2.05. The van der Waals surface area contributed by atoms with Gasteiger partial charge in [-0.15, -0.1) is 0 Å². The molecule has 0 aromatic carbocycles. The van der Waals surface area contributed by atoms with Crippen LogP contribution in [0.1, 0.15) is 12.8 Å². The number of carbonyl (C=O) groups excluding carboxylic acids is 1. The first-order valence-electron chi connectivity index (χ1n) is 3.33. The monoisotopic (exact) mass is 255 g/mol. The molecule has 1 aliphatic rings. The molecule has 0 saturated carbocycles. The largest absolute Gasteiger partial charge is 0.381 e. The van der Waals surface area contributed by atoms with Crippen molar-refractivity contribution < 1.29 is 9.53 Å². The second-order valence-corrected chi connectivity index (χ2v) is 2.91. The third-order valence-corrected chi connectivity index (χ3v) is 2.16. The number of hydrogen-bond donors (Lipinski definition) is 1. The molecule has 1 fully saturated rings. The van der Waals surface area contributed by atoms with Gasteiger partial charge in [-0.1, -0.05) is 0 Å². The summed E-state index contributed by atoms with van der Waals surface area (Å²) < 4.78 is 7.73. The van der Waals surface area contributed by atoms with Crippen LogP contribution < -0.4 is 3.53 Å². The van der Waals surface area contributed by atoms with Gasteiger partial charge in [0, 0.05) is 6.61 Å². The lowest BCUT2D eigenvalue weighted by Crippen LogP contribution is -2.30.